The molecule has 110 valence electrons. The number of nitrogens with one attached hydrogen (secondary N) is 1. The van der Waals surface area contributed by atoms with Crippen molar-refractivity contribution >= 4 is 11.8 Å². The zero-order valence-corrected chi connectivity index (χ0v) is 12.8. The zero-order chi connectivity index (χ0) is 15.5. The Morgan fingerprint density at radius 2 is 1.86 bits per heavy atom. The standard InChI is InChI=1S/C17H20N2O2/c1-12-8-7-11-18-15(12)13-9-5-6-10-14(13)19-16(20)21-17(2,3)4/h5-11H,1-4H3,(H,19,20). The zero-order valence-electron chi connectivity index (χ0n) is 12.8. The third kappa shape index (κ3) is 4.05. The molecular weight excluding hydrogens is 264 g/mol. The van der Waals surface area contributed by atoms with Crippen LogP contribution in [0, 0.1) is 6.92 Å². The third-order valence-electron chi connectivity index (χ3n) is 2.83. The van der Waals surface area contributed by atoms with Crippen LogP contribution in [0.5, 0.6) is 0 Å². The Morgan fingerprint density at radius 1 is 1.14 bits per heavy atom. The Kier molecular flexibility index (Phi) is 4.26. The molecule has 4 heteroatoms. The minimum absolute atomic E-state index is 0.469. The van der Waals surface area contributed by atoms with Gasteiger partial charge in [-0.1, -0.05) is 24.3 Å². The van der Waals surface area contributed by atoms with Crippen LogP contribution in [-0.4, -0.2) is 16.7 Å². The van der Waals surface area contributed by atoms with Gasteiger partial charge in [0.15, 0.2) is 0 Å². The first-order valence-corrected chi connectivity index (χ1v) is 6.88. The van der Waals surface area contributed by atoms with E-state index in [-0.39, 0.29) is 0 Å². The summed E-state index contributed by atoms with van der Waals surface area (Å²) in [5.41, 5.74) is 2.94. The highest BCUT2D eigenvalue weighted by molar-refractivity contribution is 5.91. The van der Waals surface area contributed by atoms with Crippen molar-refractivity contribution < 1.29 is 9.53 Å². The molecule has 2 rings (SSSR count). The van der Waals surface area contributed by atoms with Crippen molar-refractivity contribution in [3.63, 3.8) is 0 Å². The molecule has 0 aliphatic heterocycles. The van der Waals surface area contributed by atoms with Gasteiger partial charge in [-0.25, -0.2) is 4.79 Å². The molecule has 0 bridgehead atoms. The molecule has 1 aromatic carbocycles. The van der Waals surface area contributed by atoms with Crippen LogP contribution < -0.4 is 5.32 Å². The Bertz CT molecular complexity index is 645. The quantitative estimate of drug-likeness (QED) is 0.889. The average Bonchev–Trinajstić information content (AvgIpc) is 2.38. The summed E-state index contributed by atoms with van der Waals surface area (Å²) in [5.74, 6) is 0. The molecule has 0 aliphatic rings. The fourth-order valence-corrected chi connectivity index (χ4v) is 1.98. The van der Waals surface area contributed by atoms with Crippen molar-refractivity contribution in [1.29, 1.82) is 0 Å². The molecule has 21 heavy (non-hydrogen) atoms. The molecule has 1 N–H and O–H groups in total. The summed E-state index contributed by atoms with van der Waals surface area (Å²) in [5, 5.41) is 2.79. The highest BCUT2D eigenvalue weighted by Gasteiger charge is 2.17. The van der Waals surface area contributed by atoms with Crippen LogP contribution in [0.2, 0.25) is 0 Å². The lowest BCUT2D eigenvalue weighted by molar-refractivity contribution is 0.0636. The Hall–Kier alpha value is -2.36. The number of aryl methyl sites for hydroxylation is 1. The van der Waals surface area contributed by atoms with Crippen LogP contribution in [0.15, 0.2) is 42.6 Å². The number of carbonyl (C=O) groups excluding carboxylic acids is 1. The van der Waals surface area contributed by atoms with Gasteiger partial charge in [0, 0.05) is 11.8 Å². The second-order valence-electron chi connectivity index (χ2n) is 5.84. The van der Waals surface area contributed by atoms with Crippen LogP contribution in [0.4, 0.5) is 10.5 Å². The Morgan fingerprint density at radius 3 is 2.52 bits per heavy atom. The highest BCUT2D eigenvalue weighted by Crippen LogP contribution is 2.28. The molecule has 0 fully saturated rings. The van der Waals surface area contributed by atoms with Crippen LogP contribution in [0.1, 0.15) is 26.3 Å². The van der Waals surface area contributed by atoms with E-state index in [1.54, 1.807) is 6.20 Å². The molecule has 0 spiro atoms. The number of hydrogen-bond donors (Lipinski definition) is 1. The second kappa shape index (κ2) is 5.95. The van der Waals surface area contributed by atoms with Gasteiger partial charge < -0.3 is 4.74 Å². The molecule has 4 nitrogen and oxygen atoms in total. The normalized spacial score (nSPS) is 11.0. The number of rotatable bonds is 2. The van der Waals surface area contributed by atoms with E-state index in [1.165, 1.54) is 0 Å². The van der Waals surface area contributed by atoms with Gasteiger partial charge in [0.1, 0.15) is 5.60 Å². The monoisotopic (exact) mass is 284 g/mol. The van der Waals surface area contributed by atoms with Gasteiger partial charge in [0.2, 0.25) is 0 Å². The first-order chi connectivity index (χ1) is 9.87. The topological polar surface area (TPSA) is 51.2 Å². The SMILES string of the molecule is Cc1cccnc1-c1ccccc1NC(=O)OC(C)(C)C. The number of ether oxygens (including phenoxy) is 1. The predicted octanol–water partition coefficient (Wildman–Crippen LogP) is 4.40. The molecule has 1 heterocycles. The Balaban J connectivity index is 2.30. The minimum Gasteiger partial charge on any atom is -0.444 e. The largest absolute Gasteiger partial charge is 0.444 e. The van der Waals surface area contributed by atoms with Crippen LogP contribution in [-0.2, 0) is 4.74 Å². The summed E-state index contributed by atoms with van der Waals surface area (Å²) in [7, 11) is 0. The smallest absolute Gasteiger partial charge is 0.412 e. The second-order valence-corrected chi connectivity index (χ2v) is 5.84. The van der Waals surface area contributed by atoms with Crippen molar-refractivity contribution in [1.82, 2.24) is 4.98 Å². The lowest BCUT2D eigenvalue weighted by Gasteiger charge is -2.20. The van der Waals surface area contributed by atoms with E-state index >= 15 is 0 Å². The summed E-state index contributed by atoms with van der Waals surface area (Å²) in [4.78, 5) is 16.3. The summed E-state index contributed by atoms with van der Waals surface area (Å²) in [6.07, 6.45) is 1.27. The van der Waals surface area contributed by atoms with Crippen molar-refractivity contribution in [3.8, 4) is 11.3 Å². The van der Waals surface area contributed by atoms with E-state index in [0.29, 0.717) is 5.69 Å². The molecule has 0 unspecified atom stereocenters. The van der Waals surface area contributed by atoms with E-state index in [1.807, 2.05) is 64.1 Å². The number of amides is 1. The van der Waals surface area contributed by atoms with Crippen molar-refractivity contribution in [2.24, 2.45) is 0 Å². The van der Waals surface area contributed by atoms with E-state index in [9.17, 15) is 4.79 Å². The minimum atomic E-state index is -0.528. The van der Waals surface area contributed by atoms with Gasteiger partial charge in [-0.3, -0.25) is 10.3 Å². The molecule has 1 aromatic heterocycles. The molecular formula is C17H20N2O2. The average molecular weight is 284 g/mol. The van der Waals surface area contributed by atoms with E-state index < -0.39 is 11.7 Å². The molecule has 0 aliphatic carbocycles. The number of para-hydroxylation sites is 1. The molecule has 0 atom stereocenters. The number of benzene rings is 1. The number of carbonyl (C=O) groups is 1. The van der Waals surface area contributed by atoms with Gasteiger partial charge in [-0.15, -0.1) is 0 Å². The maximum absolute atomic E-state index is 11.9. The van der Waals surface area contributed by atoms with Crippen LogP contribution in [0.25, 0.3) is 11.3 Å². The molecule has 1 amide bonds. The summed E-state index contributed by atoms with van der Waals surface area (Å²) < 4.78 is 5.29. The van der Waals surface area contributed by atoms with Crippen LogP contribution in [0.3, 0.4) is 0 Å². The van der Waals surface area contributed by atoms with E-state index in [0.717, 1.165) is 16.8 Å². The van der Waals surface area contributed by atoms with Crippen LogP contribution >= 0.6 is 0 Å². The fraction of sp³-hybridized carbons (Fsp3) is 0.294. The number of anilines is 1. The number of hydrogen-bond acceptors (Lipinski definition) is 3. The maximum atomic E-state index is 11.9. The van der Waals surface area contributed by atoms with E-state index in [2.05, 4.69) is 10.3 Å². The lowest BCUT2D eigenvalue weighted by Crippen LogP contribution is -2.27. The number of nitrogens with zero attached hydrogens (tertiary/aromatic N) is 1. The van der Waals surface area contributed by atoms with Crippen molar-refractivity contribution in [2.75, 3.05) is 5.32 Å². The van der Waals surface area contributed by atoms with E-state index in [4.69, 9.17) is 4.74 Å². The molecule has 0 saturated carbocycles. The van der Waals surface area contributed by atoms with Gasteiger partial charge >= 0.3 is 6.09 Å². The summed E-state index contributed by atoms with van der Waals surface area (Å²) in [6, 6.07) is 11.4. The lowest BCUT2D eigenvalue weighted by atomic mass is 10.0. The van der Waals surface area contributed by atoms with Gasteiger partial charge in [0.05, 0.1) is 11.4 Å². The number of pyridine rings is 1. The first kappa shape index (κ1) is 15.0. The van der Waals surface area contributed by atoms with Gasteiger partial charge in [-0.05, 0) is 45.4 Å². The van der Waals surface area contributed by atoms with Gasteiger partial charge in [0.25, 0.3) is 0 Å². The van der Waals surface area contributed by atoms with Gasteiger partial charge in [-0.2, -0.15) is 0 Å². The predicted molar refractivity (Wildman–Crippen MR) is 84.3 cm³/mol. The van der Waals surface area contributed by atoms with Crippen molar-refractivity contribution in [3.05, 3.63) is 48.2 Å². The Labute approximate surface area is 125 Å². The number of aromatic nitrogens is 1. The molecule has 0 saturated heterocycles. The summed E-state index contributed by atoms with van der Waals surface area (Å²) >= 11 is 0. The van der Waals surface area contributed by atoms with Crippen molar-refractivity contribution in [2.45, 2.75) is 33.3 Å². The molecule has 2 aromatic rings. The first-order valence-electron chi connectivity index (χ1n) is 6.88. The molecule has 0 radical (unpaired) electrons. The fourth-order valence-electron chi connectivity index (χ4n) is 1.98. The highest BCUT2D eigenvalue weighted by atomic mass is 16.6. The summed E-state index contributed by atoms with van der Waals surface area (Å²) in [6.45, 7) is 7.50. The maximum Gasteiger partial charge on any atom is 0.412 e. The third-order valence-corrected chi connectivity index (χ3v) is 2.83.